The van der Waals surface area contributed by atoms with Gasteiger partial charge in [0, 0.05) is 12.4 Å². The molecule has 4 nitrogen and oxygen atoms in total. The summed E-state index contributed by atoms with van der Waals surface area (Å²) in [6.07, 6.45) is -1.01. The zero-order valence-corrected chi connectivity index (χ0v) is 8.12. The van der Waals surface area contributed by atoms with E-state index >= 15 is 0 Å². The molecule has 0 unspecified atom stereocenters. The van der Waals surface area contributed by atoms with Gasteiger partial charge in [-0.2, -0.15) is 13.2 Å². The fourth-order valence-corrected chi connectivity index (χ4v) is 1.07. The summed E-state index contributed by atoms with van der Waals surface area (Å²) in [5, 5.41) is 0. The molecule has 0 radical (unpaired) electrons. The Bertz CT molecular complexity index is 489. The second kappa shape index (κ2) is 3.58. The molecular weight excluding hydrogens is 223 g/mol. The van der Waals surface area contributed by atoms with Crippen LogP contribution in [0.1, 0.15) is 11.6 Å². The molecule has 0 atom stereocenters. The normalized spacial score (nSPS) is 11.8. The number of alkyl halides is 3. The van der Waals surface area contributed by atoms with E-state index in [-0.39, 0.29) is 5.89 Å². The summed E-state index contributed by atoms with van der Waals surface area (Å²) in [4.78, 5) is 10.2. The predicted octanol–water partition coefficient (Wildman–Crippen LogP) is 2.46. The lowest BCUT2D eigenvalue weighted by molar-refractivity contribution is -0.144. The lowest BCUT2D eigenvalue weighted by Gasteiger charge is -2.03. The first kappa shape index (κ1) is 10.6. The first-order valence-corrected chi connectivity index (χ1v) is 4.29. The Labute approximate surface area is 88.2 Å². The van der Waals surface area contributed by atoms with Gasteiger partial charge in [-0.3, -0.25) is 0 Å². The van der Waals surface area contributed by atoms with Crippen LogP contribution in [-0.2, 0) is 6.18 Å². The number of hydrogen-bond donors (Lipinski definition) is 0. The highest BCUT2D eigenvalue weighted by Crippen LogP contribution is 2.26. The van der Waals surface area contributed by atoms with Crippen LogP contribution in [0, 0.1) is 6.92 Å². The lowest BCUT2D eigenvalue weighted by atomic mass is 10.3. The fraction of sp³-hybridized carbons (Fsp3) is 0.222. The van der Waals surface area contributed by atoms with Crippen molar-refractivity contribution >= 4 is 0 Å². The third-order valence-electron chi connectivity index (χ3n) is 1.77. The summed E-state index contributed by atoms with van der Waals surface area (Å²) in [7, 11) is 0. The summed E-state index contributed by atoms with van der Waals surface area (Å²) in [5.74, 6) is -0.416. The second-order valence-corrected chi connectivity index (χ2v) is 3.07. The molecule has 0 aliphatic rings. The number of aryl methyl sites for hydroxylation is 1. The highest BCUT2D eigenvalue weighted by Gasteiger charge is 2.34. The highest BCUT2D eigenvalue weighted by molar-refractivity contribution is 5.49. The molecule has 2 aromatic rings. The third-order valence-corrected chi connectivity index (χ3v) is 1.77. The minimum atomic E-state index is -4.54. The number of aromatic nitrogens is 3. The van der Waals surface area contributed by atoms with Crippen LogP contribution in [0.25, 0.3) is 11.5 Å². The van der Waals surface area contributed by atoms with E-state index in [0.29, 0.717) is 11.3 Å². The minimum absolute atomic E-state index is 0.200. The average Bonchev–Trinajstić information content (AvgIpc) is 2.64. The van der Waals surface area contributed by atoms with Crippen LogP contribution < -0.4 is 0 Å². The maximum Gasteiger partial charge on any atom is 0.451 e. The molecule has 0 aliphatic carbocycles. The number of halogens is 3. The van der Waals surface area contributed by atoms with Crippen molar-refractivity contribution in [3.8, 4) is 11.5 Å². The van der Waals surface area contributed by atoms with Gasteiger partial charge >= 0.3 is 6.18 Å². The number of nitrogens with zero attached hydrogens (tertiary/aromatic N) is 3. The van der Waals surface area contributed by atoms with Gasteiger partial charge < -0.3 is 4.42 Å². The summed E-state index contributed by atoms with van der Waals surface area (Å²) in [6, 6.07) is 0. The zero-order valence-electron chi connectivity index (χ0n) is 8.12. The molecule has 7 heteroatoms. The van der Waals surface area contributed by atoms with E-state index in [9.17, 15) is 13.2 Å². The monoisotopic (exact) mass is 229 g/mol. The fourth-order valence-electron chi connectivity index (χ4n) is 1.07. The van der Waals surface area contributed by atoms with Crippen LogP contribution >= 0.6 is 0 Å². The van der Waals surface area contributed by atoms with Gasteiger partial charge in [0.25, 0.3) is 0 Å². The van der Waals surface area contributed by atoms with E-state index in [1.165, 1.54) is 6.20 Å². The van der Waals surface area contributed by atoms with Gasteiger partial charge in [0.2, 0.25) is 11.7 Å². The Kier molecular flexibility index (Phi) is 2.37. The molecular formula is C9H6F3N3O. The Hall–Kier alpha value is -1.92. The summed E-state index contributed by atoms with van der Waals surface area (Å²) in [6.45, 7) is 1.68. The van der Waals surface area contributed by atoms with Crippen molar-refractivity contribution in [1.82, 2.24) is 15.0 Å². The maximum absolute atomic E-state index is 12.2. The van der Waals surface area contributed by atoms with Crippen molar-refractivity contribution in [2.75, 3.05) is 0 Å². The molecule has 0 bridgehead atoms. The largest absolute Gasteiger partial charge is 0.451 e. The highest BCUT2D eigenvalue weighted by atomic mass is 19.4. The molecule has 2 rings (SSSR count). The summed E-state index contributed by atoms with van der Waals surface area (Å²) >= 11 is 0. The Morgan fingerprint density at radius 2 is 1.69 bits per heavy atom. The number of hydrogen-bond acceptors (Lipinski definition) is 4. The first-order valence-electron chi connectivity index (χ1n) is 4.29. The molecule has 0 saturated heterocycles. The molecule has 0 saturated carbocycles. The molecule has 0 aromatic carbocycles. The van der Waals surface area contributed by atoms with Gasteiger partial charge in [-0.25, -0.2) is 15.0 Å². The SMILES string of the molecule is Cc1cnc(-c2cnc(C(F)(F)F)nc2)o1. The molecule has 0 spiro atoms. The Balaban J connectivity index is 2.33. The first-order chi connectivity index (χ1) is 7.47. The standard InChI is InChI=1S/C9H6F3N3O/c1-5-2-13-7(16-5)6-3-14-8(15-4-6)9(10,11)12/h2-4H,1H3. The second-order valence-electron chi connectivity index (χ2n) is 3.07. The molecule has 0 N–H and O–H groups in total. The van der Waals surface area contributed by atoms with Crippen molar-refractivity contribution < 1.29 is 17.6 Å². The molecule has 0 amide bonds. The van der Waals surface area contributed by atoms with Gasteiger partial charge in [-0.05, 0) is 6.92 Å². The lowest BCUT2D eigenvalue weighted by Crippen LogP contribution is -2.10. The minimum Gasteiger partial charge on any atom is -0.441 e. The average molecular weight is 229 g/mol. The van der Waals surface area contributed by atoms with Crippen LogP contribution in [0.4, 0.5) is 13.2 Å². The van der Waals surface area contributed by atoms with Crippen LogP contribution in [0.2, 0.25) is 0 Å². The molecule has 16 heavy (non-hydrogen) atoms. The van der Waals surface area contributed by atoms with Crippen molar-refractivity contribution in [3.05, 3.63) is 30.2 Å². The summed E-state index contributed by atoms with van der Waals surface area (Å²) in [5.41, 5.74) is 0.307. The Morgan fingerprint density at radius 1 is 1.06 bits per heavy atom. The van der Waals surface area contributed by atoms with Gasteiger partial charge in [0.15, 0.2) is 0 Å². The molecule has 2 aromatic heterocycles. The van der Waals surface area contributed by atoms with E-state index in [4.69, 9.17) is 4.42 Å². The zero-order chi connectivity index (χ0) is 11.8. The molecule has 0 fully saturated rings. The van der Waals surface area contributed by atoms with Crippen molar-refractivity contribution in [3.63, 3.8) is 0 Å². The van der Waals surface area contributed by atoms with E-state index in [0.717, 1.165) is 12.4 Å². The predicted molar refractivity (Wildman–Crippen MR) is 47.3 cm³/mol. The quantitative estimate of drug-likeness (QED) is 0.753. The summed E-state index contributed by atoms with van der Waals surface area (Å²) < 4.78 is 41.6. The van der Waals surface area contributed by atoms with Gasteiger partial charge in [0.05, 0.1) is 11.8 Å². The van der Waals surface area contributed by atoms with E-state index in [1.54, 1.807) is 6.92 Å². The van der Waals surface area contributed by atoms with Crippen LogP contribution in [0.3, 0.4) is 0 Å². The third kappa shape index (κ3) is 2.02. The Morgan fingerprint density at radius 3 is 2.12 bits per heavy atom. The number of rotatable bonds is 1. The molecule has 84 valence electrons. The van der Waals surface area contributed by atoms with Crippen molar-refractivity contribution in [1.29, 1.82) is 0 Å². The van der Waals surface area contributed by atoms with Crippen LogP contribution in [0.5, 0.6) is 0 Å². The molecule has 2 heterocycles. The van der Waals surface area contributed by atoms with Crippen LogP contribution in [0.15, 0.2) is 23.0 Å². The van der Waals surface area contributed by atoms with Crippen molar-refractivity contribution in [2.24, 2.45) is 0 Å². The number of oxazole rings is 1. The van der Waals surface area contributed by atoms with Gasteiger partial charge in [0.1, 0.15) is 5.76 Å². The van der Waals surface area contributed by atoms with Crippen molar-refractivity contribution in [2.45, 2.75) is 13.1 Å². The van der Waals surface area contributed by atoms with E-state index in [2.05, 4.69) is 15.0 Å². The topological polar surface area (TPSA) is 51.8 Å². The van der Waals surface area contributed by atoms with Gasteiger partial charge in [-0.1, -0.05) is 0 Å². The smallest absolute Gasteiger partial charge is 0.441 e. The maximum atomic E-state index is 12.2. The van der Waals surface area contributed by atoms with Gasteiger partial charge in [-0.15, -0.1) is 0 Å². The van der Waals surface area contributed by atoms with E-state index in [1.807, 2.05) is 0 Å². The molecule has 0 aliphatic heterocycles. The van der Waals surface area contributed by atoms with Crippen LogP contribution in [-0.4, -0.2) is 15.0 Å². The van der Waals surface area contributed by atoms with E-state index < -0.39 is 12.0 Å².